The zero-order valence-corrected chi connectivity index (χ0v) is 10.1. The summed E-state index contributed by atoms with van der Waals surface area (Å²) in [5.41, 5.74) is 0.824. The van der Waals surface area contributed by atoms with E-state index in [1.54, 1.807) is 18.2 Å². The molecule has 1 unspecified atom stereocenters. The Bertz CT molecular complexity index is 488. The second kappa shape index (κ2) is 5.38. The van der Waals surface area contributed by atoms with Crippen LogP contribution in [-0.2, 0) is 20.9 Å². The normalized spacial score (nSPS) is 13.3. The first-order valence-electron chi connectivity index (χ1n) is 4.48. The summed E-state index contributed by atoms with van der Waals surface area (Å²) in [6.07, 6.45) is 1.61. The van der Waals surface area contributed by atoms with Crippen LogP contribution in [0.25, 0.3) is 6.08 Å². The lowest BCUT2D eigenvalue weighted by molar-refractivity contribution is 0.563. The lowest BCUT2D eigenvalue weighted by Gasteiger charge is -2.03. The Kier molecular flexibility index (Phi) is 4.40. The van der Waals surface area contributed by atoms with Crippen LogP contribution in [0.5, 0.6) is 0 Å². The smallest absolute Gasteiger partial charge is 0.179 e. The van der Waals surface area contributed by atoms with Crippen LogP contribution in [0.1, 0.15) is 5.56 Å². The quantitative estimate of drug-likeness (QED) is 0.811. The molecule has 0 aliphatic heterocycles. The predicted octanol–water partition coefficient (Wildman–Crippen LogP) is 1.33. The third-order valence-electron chi connectivity index (χ3n) is 2.00. The Labute approximate surface area is 97.2 Å². The van der Waals surface area contributed by atoms with Gasteiger partial charge in [-0.1, -0.05) is 24.8 Å². The number of hydrogen-bond donors (Lipinski definition) is 1. The summed E-state index contributed by atoms with van der Waals surface area (Å²) < 4.78 is 42.3. The largest absolute Gasteiger partial charge is 0.306 e. The average Bonchev–Trinajstić information content (AvgIpc) is 2.27. The minimum Gasteiger partial charge on any atom is -0.306 e. The van der Waals surface area contributed by atoms with Gasteiger partial charge in [-0.2, -0.15) is 0 Å². The van der Waals surface area contributed by atoms with E-state index in [1.165, 1.54) is 12.1 Å². The first kappa shape index (κ1) is 13.1. The lowest BCUT2D eigenvalue weighted by Crippen LogP contribution is -2.13. The highest BCUT2D eigenvalue weighted by atomic mass is 32.2. The molecule has 16 heavy (non-hydrogen) atoms. The highest BCUT2D eigenvalue weighted by Gasteiger charge is 2.14. The van der Waals surface area contributed by atoms with Crippen molar-refractivity contribution in [3.05, 3.63) is 36.4 Å². The van der Waals surface area contributed by atoms with Crippen LogP contribution >= 0.6 is 0 Å². The summed E-state index contributed by atoms with van der Waals surface area (Å²) in [7, 11) is -3.47. The number of sulfone groups is 1. The predicted molar refractivity (Wildman–Crippen MR) is 64.2 cm³/mol. The number of hydrogen-bond acceptors (Lipinski definition) is 3. The van der Waals surface area contributed by atoms with Gasteiger partial charge in [0.25, 0.3) is 0 Å². The molecule has 0 bridgehead atoms. The Morgan fingerprint density at radius 3 is 2.31 bits per heavy atom. The molecule has 0 fully saturated rings. The molecule has 0 radical (unpaired) electrons. The van der Waals surface area contributed by atoms with Gasteiger partial charge in [-0.3, -0.25) is 0 Å². The summed E-state index contributed by atoms with van der Waals surface area (Å²) in [5, 5.41) is 0. The van der Waals surface area contributed by atoms with Crippen LogP contribution in [0.3, 0.4) is 0 Å². The van der Waals surface area contributed by atoms with Gasteiger partial charge in [0.2, 0.25) is 0 Å². The van der Waals surface area contributed by atoms with Crippen LogP contribution in [0.2, 0.25) is 0 Å². The first-order valence-corrected chi connectivity index (χ1v) is 7.41. The van der Waals surface area contributed by atoms with Crippen molar-refractivity contribution in [2.45, 2.75) is 4.90 Å². The molecule has 1 aromatic rings. The zero-order chi connectivity index (χ0) is 12.2. The summed E-state index contributed by atoms with van der Waals surface area (Å²) >= 11 is -2.09. The molecular formula is C10H12O4S2. The van der Waals surface area contributed by atoms with Gasteiger partial charge in [0.05, 0.1) is 16.4 Å². The van der Waals surface area contributed by atoms with Crippen molar-refractivity contribution in [1.82, 2.24) is 0 Å². The van der Waals surface area contributed by atoms with E-state index in [4.69, 9.17) is 4.55 Å². The van der Waals surface area contributed by atoms with E-state index < -0.39 is 20.9 Å². The molecule has 0 aliphatic carbocycles. The van der Waals surface area contributed by atoms with E-state index in [9.17, 15) is 12.6 Å². The van der Waals surface area contributed by atoms with Crippen molar-refractivity contribution >= 4 is 27.0 Å². The van der Waals surface area contributed by atoms with Gasteiger partial charge in [0.1, 0.15) is 0 Å². The van der Waals surface area contributed by atoms with Gasteiger partial charge < -0.3 is 4.55 Å². The highest BCUT2D eigenvalue weighted by molar-refractivity contribution is 7.92. The van der Waals surface area contributed by atoms with Crippen LogP contribution in [0.4, 0.5) is 0 Å². The Morgan fingerprint density at radius 2 is 1.88 bits per heavy atom. The molecule has 0 saturated carbocycles. The van der Waals surface area contributed by atoms with Gasteiger partial charge in [-0.15, -0.1) is 0 Å². The van der Waals surface area contributed by atoms with Crippen molar-refractivity contribution in [3.8, 4) is 0 Å². The molecule has 0 aromatic heterocycles. The Balaban J connectivity index is 2.89. The minimum absolute atomic E-state index is 0.156. The van der Waals surface area contributed by atoms with Gasteiger partial charge >= 0.3 is 0 Å². The molecule has 4 nitrogen and oxygen atoms in total. The maximum Gasteiger partial charge on any atom is 0.179 e. The minimum atomic E-state index is -3.47. The molecule has 1 aromatic carbocycles. The molecule has 0 aliphatic rings. The van der Waals surface area contributed by atoms with Crippen molar-refractivity contribution < 1.29 is 17.2 Å². The van der Waals surface area contributed by atoms with Crippen LogP contribution in [0.15, 0.2) is 35.7 Å². The van der Waals surface area contributed by atoms with Gasteiger partial charge in [0.15, 0.2) is 20.9 Å². The van der Waals surface area contributed by atoms with E-state index in [2.05, 4.69) is 6.58 Å². The zero-order valence-electron chi connectivity index (χ0n) is 8.50. The topological polar surface area (TPSA) is 71.4 Å². The summed E-state index contributed by atoms with van der Waals surface area (Å²) in [6, 6.07) is 6.20. The van der Waals surface area contributed by atoms with Crippen molar-refractivity contribution in [2.24, 2.45) is 0 Å². The monoisotopic (exact) mass is 260 g/mol. The van der Waals surface area contributed by atoms with Crippen LogP contribution in [0, 0.1) is 0 Å². The van der Waals surface area contributed by atoms with Gasteiger partial charge in [0, 0.05) is 0 Å². The van der Waals surface area contributed by atoms with Crippen molar-refractivity contribution in [2.75, 3.05) is 11.5 Å². The van der Waals surface area contributed by atoms with E-state index in [0.717, 1.165) is 5.56 Å². The fourth-order valence-corrected chi connectivity index (χ4v) is 3.34. The maximum absolute atomic E-state index is 11.7. The molecule has 88 valence electrons. The Hall–Kier alpha value is -0.980. The molecule has 1 rings (SSSR count). The lowest BCUT2D eigenvalue weighted by atomic mass is 10.2. The first-order chi connectivity index (χ1) is 7.45. The van der Waals surface area contributed by atoms with E-state index in [-0.39, 0.29) is 16.4 Å². The maximum atomic E-state index is 11.7. The van der Waals surface area contributed by atoms with Crippen molar-refractivity contribution in [1.29, 1.82) is 0 Å². The molecule has 1 atom stereocenters. The van der Waals surface area contributed by atoms with E-state index >= 15 is 0 Å². The third-order valence-corrected chi connectivity index (χ3v) is 4.55. The molecule has 0 heterocycles. The van der Waals surface area contributed by atoms with Gasteiger partial charge in [-0.05, 0) is 17.7 Å². The number of benzene rings is 1. The van der Waals surface area contributed by atoms with Crippen LogP contribution in [-0.4, -0.2) is 28.7 Å². The second-order valence-corrected chi connectivity index (χ2v) is 6.28. The molecular weight excluding hydrogens is 248 g/mol. The molecule has 1 N–H and O–H groups in total. The fraction of sp³-hybridized carbons (Fsp3) is 0.200. The molecule has 0 amide bonds. The fourth-order valence-electron chi connectivity index (χ4n) is 1.11. The van der Waals surface area contributed by atoms with Crippen LogP contribution < -0.4 is 0 Å². The van der Waals surface area contributed by atoms with E-state index in [1.807, 2.05) is 0 Å². The van der Waals surface area contributed by atoms with Gasteiger partial charge in [-0.25, -0.2) is 12.6 Å². The third kappa shape index (κ3) is 3.55. The number of rotatable bonds is 5. The van der Waals surface area contributed by atoms with E-state index in [0.29, 0.717) is 0 Å². The summed E-state index contributed by atoms with van der Waals surface area (Å²) in [5.74, 6) is -0.602. The second-order valence-electron chi connectivity index (χ2n) is 3.12. The molecule has 6 heteroatoms. The summed E-state index contributed by atoms with van der Waals surface area (Å²) in [6.45, 7) is 3.56. The van der Waals surface area contributed by atoms with Crippen molar-refractivity contribution in [3.63, 3.8) is 0 Å². The molecule has 0 saturated heterocycles. The average molecular weight is 260 g/mol. The summed E-state index contributed by atoms with van der Waals surface area (Å²) in [4.78, 5) is 0.156. The Morgan fingerprint density at radius 1 is 1.31 bits per heavy atom. The standard InChI is InChI=1S/C10H12O4S2/c1-2-9-3-5-10(6-4-9)16(13,14)8-7-15(11)12/h2-6H,1,7-8H2,(H,11,12). The highest BCUT2D eigenvalue weighted by Crippen LogP contribution is 2.13. The SMILES string of the molecule is C=Cc1ccc(S(=O)(=O)CCS(=O)O)cc1. The molecule has 0 spiro atoms.